The molecule has 8 heteroatoms. The fourth-order valence-electron chi connectivity index (χ4n) is 4.17. The van der Waals surface area contributed by atoms with Crippen molar-refractivity contribution in [3.05, 3.63) is 51.0 Å². The number of aryl methyl sites for hydroxylation is 1. The predicted molar refractivity (Wildman–Crippen MR) is 130 cm³/mol. The number of ether oxygens (including phenoxy) is 2. The smallest absolute Gasteiger partial charge is 0.224 e. The van der Waals surface area contributed by atoms with Crippen LogP contribution in [0.5, 0.6) is 11.5 Å². The molecule has 2 aromatic rings. The molecular formula is C24H31Cl2N3O3. The van der Waals surface area contributed by atoms with Crippen LogP contribution in [0.2, 0.25) is 10.0 Å². The summed E-state index contributed by atoms with van der Waals surface area (Å²) in [6.07, 6.45) is 4.15. The normalized spacial score (nSPS) is 15.4. The first kappa shape index (κ1) is 24.5. The molecule has 0 aliphatic heterocycles. The minimum Gasteiger partial charge on any atom is -0.493 e. The first-order valence-corrected chi connectivity index (χ1v) is 11.5. The maximum Gasteiger partial charge on any atom is 0.224 e. The zero-order chi connectivity index (χ0) is 23.3. The Morgan fingerprint density at radius 2 is 1.78 bits per heavy atom. The van der Waals surface area contributed by atoms with Gasteiger partial charge >= 0.3 is 0 Å². The number of nitrogens with two attached hydrogens (primary N) is 1. The highest BCUT2D eigenvalue weighted by molar-refractivity contribution is 6.42. The highest BCUT2D eigenvalue weighted by Gasteiger charge is 2.23. The first-order valence-electron chi connectivity index (χ1n) is 10.8. The second-order valence-electron chi connectivity index (χ2n) is 8.20. The number of likely N-dealkylation sites (N-methyl/N-ethyl adjacent to an activating group) is 1. The van der Waals surface area contributed by atoms with E-state index in [2.05, 4.69) is 29.4 Å². The number of rotatable bonds is 9. The molecule has 0 spiro atoms. The van der Waals surface area contributed by atoms with Crippen molar-refractivity contribution in [1.82, 2.24) is 10.2 Å². The first-order chi connectivity index (χ1) is 15.3. The van der Waals surface area contributed by atoms with Crippen molar-refractivity contribution in [2.75, 3.05) is 40.1 Å². The van der Waals surface area contributed by atoms with Gasteiger partial charge in [0.05, 0.1) is 30.7 Å². The number of benzene rings is 2. The third-order valence-electron chi connectivity index (χ3n) is 6.07. The lowest BCUT2D eigenvalue weighted by atomic mass is 9.87. The number of hydrogen-bond acceptors (Lipinski definition) is 5. The Morgan fingerprint density at radius 3 is 2.47 bits per heavy atom. The molecule has 1 unspecified atom stereocenters. The van der Waals surface area contributed by atoms with Crippen LogP contribution in [0.1, 0.15) is 29.5 Å². The number of fused-ring (bicyclic) bond motifs is 1. The SMILES string of the molecule is COc1cc2c(cc1OC)CC(N(C)CCCNC(=O)Cc1cc(Cl)c(Cl)cc1N)CC2. The minimum absolute atomic E-state index is 0.0784. The monoisotopic (exact) mass is 479 g/mol. The van der Waals surface area contributed by atoms with E-state index in [9.17, 15) is 4.79 Å². The molecule has 1 aliphatic carbocycles. The molecule has 3 N–H and O–H groups in total. The molecule has 1 aliphatic rings. The number of hydrogen-bond donors (Lipinski definition) is 2. The molecule has 0 radical (unpaired) electrons. The summed E-state index contributed by atoms with van der Waals surface area (Å²) in [6.45, 7) is 1.52. The van der Waals surface area contributed by atoms with Crippen molar-refractivity contribution in [3.8, 4) is 11.5 Å². The Balaban J connectivity index is 1.45. The van der Waals surface area contributed by atoms with Gasteiger partial charge in [0.15, 0.2) is 11.5 Å². The number of nitrogens with one attached hydrogen (secondary N) is 1. The number of halogens is 2. The van der Waals surface area contributed by atoms with Gasteiger partial charge in [-0.1, -0.05) is 23.2 Å². The average Bonchev–Trinajstić information content (AvgIpc) is 2.78. The number of methoxy groups -OCH3 is 2. The van der Waals surface area contributed by atoms with Crippen molar-refractivity contribution in [1.29, 1.82) is 0 Å². The largest absolute Gasteiger partial charge is 0.493 e. The lowest BCUT2D eigenvalue weighted by molar-refractivity contribution is -0.120. The molecule has 0 heterocycles. The van der Waals surface area contributed by atoms with Crippen molar-refractivity contribution < 1.29 is 14.3 Å². The van der Waals surface area contributed by atoms with Crippen LogP contribution in [0.4, 0.5) is 5.69 Å². The Hall–Kier alpha value is -2.15. The van der Waals surface area contributed by atoms with Gasteiger partial charge in [0, 0.05) is 18.3 Å². The Kier molecular flexibility index (Phi) is 8.51. The second kappa shape index (κ2) is 11.1. The quantitative estimate of drug-likeness (QED) is 0.417. The molecule has 1 atom stereocenters. The fraction of sp³-hybridized carbons (Fsp3) is 0.458. The van der Waals surface area contributed by atoms with Gasteiger partial charge in [0.2, 0.25) is 5.91 Å². The van der Waals surface area contributed by atoms with Crippen LogP contribution >= 0.6 is 23.2 Å². The topological polar surface area (TPSA) is 76.8 Å². The zero-order valence-electron chi connectivity index (χ0n) is 18.8. The molecule has 6 nitrogen and oxygen atoms in total. The van der Waals surface area contributed by atoms with Crippen molar-refractivity contribution in [2.45, 2.75) is 38.1 Å². The molecule has 32 heavy (non-hydrogen) atoms. The Morgan fingerprint density at radius 1 is 1.12 bits per heavy atom. The molecule has 1 amide bonds. The van der Waals surface area contributed by atoms with Crippen molar-refractivity contribution in [2.24, 2.45) is 0 Å². The molecule has 3 rings (SSSR count). The summed E-state index contributed by atoms with van der Waals surface area (Å²) in [6, 6.07) is 7.89. The predicted octanol–water partition coefficient (Wildman–Crippen LogP) is 4.13. The number of carbonyl (C=O) groups excluding carboxylic acids is 1. The molecular weight excluding hydrogens is 449 g/mol. The van der Waals surface area contributed by atoms with Gasteiger partial charge in [-0.25, -0.2) is 0 Å². The van der Waals surface area contributed by atoms with Crippen LogP contribution in [0.25, 0.3) is 0 Å². The summed E-state index contributed by atoms with van der Waals surface area (Å²) >= 11 is 12.0. The van der Waals surface area contributed by atoms with E-state index in [-0.39, 0.29) is 12.3 Å². The van der Waals surface area contributed by atoms with E-state index < -0.39 is 0 Å². The lowest BCUT2D eigenvalue weighted by Crippen LogP contribution is -2.38. The maximum absolute atomic E-state index is 12.3. The van der Waals surface area contributed by atoms with Crippen LogP contribution in [0, 0.1) is 0 Å². The molecule has 0 bridgehead atoms. The summed E-state index contributed by atoms with van der Waals surface area (Å²) < 4.78 is 10.9. The van der Waals surface area contributed by atoms with Crippen molar-refractivity contribution in [3.63, 3.8) is 0 Å². The molecule has 0 saturated carbocycles. The summed E-state index contributed by atoms with van der Waals surface area (Å²) in [4.78, 5) is 14.7. The summed E-state index contributed by atoms with van der Waals surface area (Å²) in [7, 11) is 5.48. The Bertz CT molecular complexity index is 968. The maximum atomic E-state index is 12.3. The van der Waals surface area contributed by atoms with E-state index in [1.807, 2.05) is 0 Å². The average molecular weight is 480 g/mol. The fourth-order valence-corrected chi connectivity index (χ4v) is 4.53. The van der Waals surface area contributed by atoms with E-state index in [1.165, 1.54) is 11.1 Å². The molecule has 0 fully saturated rings. The van der Waals surface area contributed by atoms with Gasteiger partial charge in [-0.15, -0.1) is 0 Å². The zero-order valence-corrected chi connectivity index (χ0v) is 20.4. The summed E-state index contributed by atoms with van der Waals surface area (Å²) in [5.41, 5.74) is 9.75. The van der Waals surface area contributed by atoms with Gasteiger partial charge in [-0.05, 0) is 80.2 Å². The van der Waals surface area contributed by atoms with Crippen LogP contribution in [-0.4, -0.2) is 51.2 Å². The highest BCUT2D eigenvalue weighted by Crippen LogP contribution is 2.35. The number of nitrogens with zero attached hydrogens (tertiary/aromatic N) is 1. The van der Waals surface area contributed by atoms with E-state index in [4.69, 9.17) is 38.4 Å². The molecule has 0 saturated heterocycles. The van der Waals surface area contributed by atoms with E-state index in [0.717, 1.165) is 43.7 Å². The van der Waals surface area contributed by atoms with Crippen LogP contribution in [-0.2, 0) is 24.1 Å². The standard InChI is InChI=1S/C24H31Cl2N3O3/c1-29(18-6-5-15-11-22(31-2)23(32-3)12-16(15)9-18)8-4-7-28-24(30)13-17-10-19(25)20(26)14-21(17)27/h10-12,14,18H,4-9,13,27H2,1-3H3,(H,28,30). The van der Waals surface area contributed by atoms with Gasteiger partial charge in [0.1, 0.15) is 0 Å². The van der Waals surface area contributed by atoms with Crippen molar-refractivity contribution >= 4 is 34.8 Å². The summed E-state index contributed by atoms with van der Waals surface area (Å²) in [5.74, 6) is 1.49. The minimum atomic E-state index is -0.0784. The molecule has 174 valence electrons. The van der Waals surface area contributed by atoms with Crippen LogP contribution in [0.3, 0.4) is 0 Å². The van der Waals surface area contributed by atoms with Crippen LogP contribution in [0.15, 0.2) is 24.3 Å². The number of amides is 1. The van der Waals surface area contributed by atoms with Crippen LogP contribution < -0.4 is 20.5 Å². The number of carbonyl (C=O) groups is 1. The highest BCUT2D eigenvalue weighted by atomic mass is 35.5. The van der Waals surface area contributed by atoms with E-state index in [0.29, 0.717) is 33.9 Å². The molecule has 0 aromatic heterocycles. The molecule has 2 aromatic carbocycles. The van der Waals surface area contributed by atoms with Gasteiger partial charge in [-0.2, -0.15) is 0 Å². The van der Waals surface area contributed by atoms with Gasteiger partial charge < -0.3 is 25.4 Å². The number of nitrogen functional groups attached to an aromatic ring is 1. The third kappa shape index (κ3) is 6.00. The van der Waals surface area contributed by atoms with E-state index in [1.54, 1.807) is 26.4 Å². The lowest BCUT2D eigenvalue weighted by Gasteiger charge is -2.33. The third-order valence-corrected chi connectivity index (χ3v) is 6.80. The van der Waals surface area contributed by atoms with Gasteiger partial charge in [-0.3, -0.25) is 4.79 Å². The number of anilines is 1. The summed E-state index contributed by atoms with van der Waals surface area (Å²) in [5, 5.41) is 3.75. The van der Waals surface area contributed by atoms with E-state index >= 15 is 0 Å². The Labute approximate surface area is 200 Å². The van der Waals surface area contributed by atoms with Gasteiger partial charge in [0.25, 0.3) is 0 Å². The second-order valence-corrected chi connectivity index (χ2v) is 9.01.